The number of hydrogen-bond acceptors (Lipinski definition) is 4. The third-order valence-corrected chi connectivity index (χ3v) is 3.35. The summed E-state index contributed by atoms with van der Waals surface area (Å²) in [5.74, 6) is -0.144. The first kappa shape index (κ1) is 15.0. The van der Waals surface area contributed by atoms with Crippen LogP contribution < -0.4 is 5.32 Å². The van der Waals surface area contributed by atoms with E-state index in [-0.39, 0.29) is 17.9 Å². The molecule has 0 aromatic rings. The SMILES string of the molecule is COC(=O)C(C)(C)CN1CCC(NC(C)=O)CC1. The fraction of sp³-hybridized carbons (Fsp3) is 0.846. The van der Waals surface area contributed by atoms with Gasteiger partial charge in [0.05, 0.1) is 12.5 Å². The molecule has 18 heavy (non-hydrogen) atoms. The summed E-state index contributed by atoms with van der Waals surface area (Å²) in [6, 6.07) is 0.278. The molecule has 1 amide bonds. The van der Waals surface area contributed by atoms with Gasteiger partial charge in [0.2, 0.25) is 5.91 Å². The minimum atomic E-state index is -0.477. The lowest BCUT2D eigenvalue weighted by Crippen LogP contribution is -2.48. The lowest BCUT2D eigenvalue weighted by molar-refractivity contribution is -0.152. The van der Waals surface area contributed by atoms with Gasteiger partial charge in [0.25, 0.3) is 0 Å². The lowest BCUT2D eigenvalue weighted by atomic mass is 9.91. The maximum absolute atomic E-state index is 11.6. The van der Waals surface area contributed by atoms with Gasteiger partial charge in [0.1, 0.15) is 0 Å². The van der Waals surface area contributed by atoms with E-state index >= 15 is 0 Å². The lowest BCUT2D eigenvalue weighted by Gasteiger charge is -2.36. The van der Waals surface area contributed by atoms with E-state index in [1.165, 1.54) is 7.11 Å². The number of hydrogen-bond donors (Lipinski definition) is 1. The second-order valence-corrected chi connectivity index (χ2v) is 5.63. The molecule has 1 aliphatic heterocycles. The van der Waals surface area contributed by atoms with Crippen molar-refractivity contribution in [3.63, 3.8) is 0 Å². The number of carbonyl (C=O) groups excluding carboxylic acids is 2. The number of amides is 1. The minimum absolute atomic E-state index is 0.0309. The standard InChI is InChI=1S/C13H24N2O3/c1-10(16)14-11-5-7-15(8-6-11)9-13(2,3)12(17)18-4/h11H,5-9H2,1-4H3,(H,14,16). The van der Waals surface area contributed by atoms with Crippen LogP contribution >= 0.6 is 0 Å². The Kier molecular flexibility index (Phi) is 5.14. The number of methoxy groups -OCH3 is 1. The summed E-state index contributed by atoms with van der Waals surface area (Å²) in [4.78, 5) is 24.8. The zero-order chi connectivity index (χ0) is 13.8. The normalized spacial score (nSPS) is 18.4. The van der Waals surface area contributed by atoms with Crippen LogP contribution in [0.15, 0.2) is 0 Å². The molecule has 1 heterocycles. The summed E-state index contributed by atoms with van der Waals surface area (Å²) >= 11 is 0. The number of carbonyl (C=O) groups is 2. The van der Waals surface area contributed by atoms with Crippen LogP contribution in [0.5, 0.6) is 0 Å². The molecule has 0 radical (unpaired) electrons. The molecule has 1 saturated heterocycles. The molecule has 5 nitrogen and oxygen atoms in total. The van der Waals surface area contributed by atoms with Crippen molar-refractivity contribution in [1.29, 1.82) is 0 Å². The van der Waals surface area contributed by atoms with E-state index in [1.54, 1.807) is 6.92 Å². The average Bonchev–Trinajstić information content (AvgIpc) is 2.29. The highest BCUT2D eigenvalue weighted by molar-refractivity contribution is 5.76. The Labute approximate surface area is 109 Å². The van der Waals surface area contributed by atoms with Gasteiger partial charge < -0.3 is 15.0 Å². The smallest absolute Gasteiger partial charge is 0.312 e. The zero-order valence-corrected chi connectivity index (χ0v) is 11.8. The molecule has 5 heteroatoms. The van der Waals surface area contributed by atoms with Gasteiger partial charge in [0, 0.05) is 32.6 Å². The Hall–Kier alpha value is -1.10. The summed E-state index contributed by atoms with van der Waals surface area (Å²) in [7, 11) is 1.42. The first-order valence-electron chi connectivity index (χ1n) is 6.43. The van der Waals surface area contributed by atoms with Crippen LogP contribution in [0, 0.1) is 5.41 Å². The topological polar surface area (TPSA) is 58.6 Å². The van der Waals surface area contributed by atoms with Crippen LogP contribution in [0.4, 0.5) is 0 Å². The molecule has 104 valence electrons. The fourth-order valence-electron chi connectivity index (χ4n) is 2.42. The number of nitrogens with one attached hydrogen (secondary N) is 1. The second-order valence-electron chi connectivity index (χ2n) is 5.63. The zero-order valence-electron chi connectivity index (χ0n) is 11.8. The minimum Gasteiger partial charge on any atom is -0.469 e. The molecule has 0 atom stereocenters. The van der Waals surface area contributed by atoms with Gasteiger partial charge >= 0.3 is 5.97 Å². The van der Waals surface area contributed by atoms with Gasteiger partial charge in [-0.3, -0.25) is 9.59 Å². The van der Waals surface area contributed by atoms with Crippen molar-refractivity contribution in [2.45, 2.75) is 39.7 Å². The Bertz CT molecular complexity index is 307. The van der Waals surface area contributed by atoms with Gasteiger partial charge in [-0.1, -0.05) is 0 Å². The number of rotatable bonds is 4. The van der Waals surface area contributed by atoms with Crippen molar-refractivity contribution >= 4 is 11.9 Å². The van der Waals surface area contributed by atoms with Crippen molar-refractivity contribution in [1.82, 2.24) is 10.2 Å². The van der Waals surface area contributed by atoms with Gasteiger partial charge in [-0.2, -0.15) is 0 Å². The summed E-state index contributed by atoms with van der Waals surface area (Å²) in [6.45, 7) is 7.87. The Balaban J connectivity index is 2.39. The van der Waals surface area contributed by atoms with Crippen LogP contribution in [0.2, 0.25) is 0 Å². The molecule has 0 aliphatic carbocycles. The number of ether oxygens (including phenoxy) is 1. The van der Waals surface area contributed by atoms with Crippen molar-refractivity contribution in [2.24, 2.45) is 5.41 Å². The van der Waals surface area contributed by atoms with Gasteiger partial charge in [-0.05, 0) is 26.7 Å². The Morgan fingerprint density at radius 3 is 2.33 bits per heavy atom. The molecule has 0 unspecified atom stereocenters. The molecule has 0 aromatic carbocycles. The molecule has 1 aliphatic rings. The van der Waals surface area contributed by atoms with Gasteiger partial charge in [-0.15, -0.1) is 0 Å². The highest BCUT2D eigenvalue weighted by atomic mass is 16.5. The largest absolute Gasteiger partial charge is 0.469 e. The van der Waals surface area contributed by atoms with E-state index in [0.29, 0.717) is 6.54 Å². The van der Waals surface area contributed by atoms with Crippen LogP contribution in [0.3, 0.4) is 0 Å². The van der Waals surface area contributed by atoms with E-state index in [0.717, 1.165) is 25.9 Å². The van der Waals surface area contributed by atoms with Gasteiger partial charge in [-0.25, -0.2) is 0 Å². The van der Waals surface area contributed by atoms with E-state index < -0.39 is 5.41 Å². The Morgan fingerprint density at radius 1 is 1.33 bits per heavy atom. The van der Waals surface area contributed by atoms with E-state index in [2.05, 4.69) is 10.2 Å². The number of piperidine rings is 1. The molecule has 1 N–H and O–H groups in total. The summed E-state index contributed by atoms with van der Waals surface area (Å²) in [5.41, 5.74) is -0.477. The van der Waals surface area contributed by atoms with Crippen LogP contribution in [-0.4, -0.2) is 49.6 Å². The maximum Gasteiger partial charge on any atom is 0.312 e. The van der Waals surface area contributed by atoms with E-state index in [9.17, 15) is 9.59 Å². The highest BCUT2D eigenvalue weighted by Gasteiger charge is 2.32. The Morgan fingerprint density at radius 2 is 1.89 bits per heavy atom. The van der Waals surface area contributed by atoms with Crippen molar-refractivity contribution in [3.05, 3.63) is 0 Å². The van der Waals surface area contributed by atoms with Crippen LogP contribution in [0.25, 0.3) is 0 Å². The monoisotopic (exact) mass is 256 g/mol. The summed E-state index contributed by atoms with van der Waals surface area (Å²) in [6.07, 6.45) is 1.88. The molecular formula is C13H24N2O3. The van der Waals surface area contributed by atoms with Crippen molar-refractivity contribution < 1.29 is 14.3 Å². The average molecular weight is 256 g/mol. The van der Waals surface area contributed by atoms with E-state index in [4.69, 9.17) is 4.74 Å². The second kappa shape index (κ2) is 6.18. The van der Waals surface area contributed by atoms with Crippen LogP contribution in [-0.2, 0) is 14.3 Å². The molecule has 0 bridgehead atoms. The highest BCUT2D eigenvalue weighted by Crippen LogP contribution is 2.21. The molecular weight excluding hydrogens is 232 g/mol. The van der Waals surface area contributed by atoms with Crippen molar-refractivity contribution in [3.8, 4) is 0 Å². The van der Waals surface area contributed by atoms with Crippen LogP contribution in [0.1, 0.15) is 33.6 Å². The summed E-state index contributed by atoms with van der Waals surface area (Å²) in [5, 5.41) is 2.94. The van der Waals surface area contributed by atoms with Crippen molar-refractivity contribution in [2.75, 3.05) is 26.7 Å². The molecule has 0 spiro atoms. The third kappa shape index (κ3) is 4.29. The number of esters is 1. The summed E-state index contributed by atoms with van der Waals surface area (Å²) < 4.78 is 4.81. The van der Waals surface area contributed by atoms with E-state index in [1.807, 2.05) is 13.8 Å². The molecule has 1 fully saturated rings. The number of nitrogens with zero attached hydrogens (tertiary/aromatic N) is 1. The third-order valence-electron chi connectivity index (χ3n) is 3.35. The predicted octanol–water partition coefficient (Wildman–Crippen LogP) is 0.786. The molecule has 1 rings (SSSR count). The van der Waals surface area contributed by atoms with Gasteiger partial charge in [0.15, 0.2) is 0 Å². The first-order chi connectivity index (χ1) is 8.35. The predicted molar refractivity (Wildman–Crippen MR) is 69.1 cm³/mol. The number of likely N-dealkylation sites (tertiary alicyclic amines) is 1. The fourth-order valence-corrected chi connectivity index (χ4v) is 2.42. The molecule has 0 saturated carbocycles. The maximum atomic E-state index is 11.6. The molecule has 0 aromatic heterocycles. The first-order valence-corrected chi connectivity index (χ1v) is 6.43. The quantitative estimate of drug-likeness (QED) is 0.755.